The molecule has 4 nitrogen and oxygen atoms in total. The Morgan fingerprint density at radius 1 is 1.24 bits per heavy atom. The second-order valence-electron chi connectivity index (χ2n) is 4.91. The first-order valence-corrected chi connectivity index (χ1v) is 7.05. The van der Waals surface area contributed by atoms with Gasteiger partial charge in [0.1, 0.15) is 11.6 Å². The monoisotopic (exact) mass is 289 g/mol. The quantitative estimate of drug-likeness (QED) is 0.903. The molecule has 0 aliphatic rings. The number of halogens is 1. The molecule has 0 saturated heterocycles. The fourth-order valence-corrected chi connectivity index (χ4v) is 2.02. The van der Waals surface area contributed by atoms with Crippen LogP contribution < -0.4 is 10.1 Å². The highest BCUT2D eigenvalue weighted by atomic mass is 19.1. The number of aryl methyl sites for hydroxylation is 2. The van der Waals surface area contributed by atoms with Gasteiger partial charge in [0.25, 0.3) is 0 Å². The zero-order valence-corrected chi connectivity index (χ0v) is 12.8. The van der Waals surface area contributed by atoms with Crippen LogP contribution in [0.1, 0.15) is 30.3 Å². The van der Waals surface area contributed by atoms with Gasteiger partial charge in [-0.25, -0.2) is 9.37 Å². The Labute approximate surface area is 124 Å². The summed E-state index contributed by atoms with van der Waals surface area (Å²) in [7, 11) is 1.79. The molecule has 0 aliphatic heterocycles. The van der Waals surface area contributed by atoms with E-state index in [2.05, 4.69) is 22.2 Å². The van der Waals surface area contributed by atoms with Crippen LogP contribution in [-0.4, -0.2) is 17.0 Å². The molecule has 112 valence electrons. The number of anilines is 1. The molecule has 0 radical (unpaired) electrons. The van der Waals surface area contributed by atoms with E-state index in [1.807, 2.05) is 6.92 Å². The van der Waals surface area contributed by atoms with Gasteiger partial charge in [0.05, 0.1) is 5.56 Å². The topological polar surface area (TPSA) is 47.0 Å². The molecular formula is C16H20FN3O. The van der Waals surface area contributed by atoms with Crippen LogP contribution in [0.25, 0.3) is 0 Å². The number of benzene rings is 1. The van der Waals surface area contributed by atoms with Crippen molar-refractivity contribution in [2.75, 3.05) is 12.4 Å². The molecule has 0 aliphatic carbocycles. The van der Waals surface area contributed by atoms with E-state index >= 15 is 0 Å². The van der Waals surface area contributed by atoms with Gasteiger partial charge in [-0.05, 0) is 31.9 Å². The molecule has 1 aromatic heterocycles. The summed E-state index contributed by atoms with van der Waals surface area (Å²) in [5.74, 6) is 1.61. The van der Waals surface area contributed by atoms with E-state index in [-0.39, 0.29) is 11.6 Å². The number of ether oxygens (including phenoxy) is 1. The van der Waals surface area contributed by atoms with Crippen LogP contribution in [0.5, 0.6) is 11.6 Å². The lowest BCUT2D eigenvalue weighted by molar-refractivity contribution is 0.419. The van der Waals surface area contributed by atoms with E-state index < -0.39 is 0 Å². The summed E-state index contributed by atoms with van der Waals surface area (Å²) in [5.41, 5.74) is 1.31. The van der Waals surface area contributed by atoms with Crippen molar-refractivity contribution in [3.8, 4) is 11.6 Å². The second kappa shape index (κ2) is 6.52. The van der Waals surface area contributed by atoms with Gasteiger partial charge >= 0.3 is 0 Å². The molecule has 21 heavy (non-hydrogen) atoms. The fraction of sp³-hybridized carbons (Fsp3) is 0.375. The number of hydrogen-bond donors (Lipinski definition) is 1. The Balaban J connectivity index is 2.42. The Bertz CT molecular complexity index is 644. The van der Waals surface area contributed by atoms with Crippen LogP contribution in [0.3, 0.4) is 0 Å². The smallest absolute Gasteiger partial charge is 0.227 e. The lowest BCUT2D eigenvalue weighted by Crippen LogP contribution is -2.06. The summed E-state index contributed by atoms with van der Waals surface area (Å²) in [6.45, 7) is 5.62. The fourth-order valence-electron chi connectivity index (χ4n) is 2.02. The van der Waals surface area contributed by atoms with Crippen molar-refractivity contribution in [1.29, 1.82) is 0 Å². The zero-order chi connectivity index (χ0) is 15.4. The number of aromatic nitrogens is 2. The molecule has 0 amide bonds. The van der Waals surface area contributed by atoms with Crippen LogP contribution in [0.4, 0.5) is 10.2 Å². The third-order valence-electron chi connectivity index (χ3n) is 3.22. The molecule has 0 bridgehead atoms. The number of nitrogens with one attached hydrogen (secondary N) is 1. The number of rotatable bonds is 5. The molecule has 2 aromatic rings. The van der Waals surface area contributed by atoms with Gasteiger partial charge < -0.3 is 10.1 Å². The summed E-state index contributed by atoms with van der Waals surface area (Å²) in [6.07, 6.45) is 1.69. The van der Waals surface area contributed by atoms with Crippen LogP contribution in [0, 0.1) is 19.7 Å². The molecule has 0 fully saturated rings. The maximum atomic E-state index is 14.1. The van der Waals surface area contributed by atoms with Crippen molar-refractivity contribution >= 4 is 5.82 Å². The largest absolute Gasteiger partial charge is 0.435 e. The molecule has 0 spiro atoms. The Morgan fingerprint density at radius 3 is 2.67 bits per heavy atom. The summed E-state index contributed by atoms with van der Waals surface area (Å²) in [5, 5.41) is 3.02. The molecule has 1 aromatic carbocycles. The molecular weight excluding hydrogens is 269 g/mol. The van der Waals surface area contributed by atoms with Crippen LogP contribution in [0.15, 0.2) is 18.2 Å². The van der Waals surface area contributed by atoms with Gasteiger partial charge in [-0.3, -0.25) is 0 Å². The van der Waals surface area contributed by atoms with E-state index in [1.165, 1.54) is 0 Å². The third-order valence-corrected chi connectivity index (χ3v) is 3.22. The van der Waals surface area contributed by atoms with Gasteiger partial charge in [-0.15, -0.1) is 0 Å². The van der Waals surface area contributed by atoms with Gasteiger partial charge in [0.15, 0.2) is 11.6 Å². The first-order chi connectivity index (χ1) is 10.1. The SMILES string of the molecule is CCCc1nc(NC)c(C)c(Oc2cccc(C)c2F)n1. The summed E-state index contributed by atoms with van der Waals surface area (Å²) < 4.78 is 19.8. The number of nitrogens with zero attached hydrogens (tertiary/aromatic N) is 2. The second-order valence-corrected chi connectivity index (χ2v) is 4.91. The van der Waals surface area contributed by atoms with E-state index in [9.17, 15) is 4.39 Å². The first kappa shape index (κ1) is 15.2. The first-order valence-electron chi connectivity index (χ1n) is 7.05. The normalized spacial score (nSPS) is 10.5. The standard InChI is InChI=1S/C16H20FN3O/c1-5-7-13-19-15(18-4)11(3)16(20-13)21-12-9-6-8-10(2)14(12)17/h6,8-9H,5,7H2,1-4H3,(H,18,19,20). The van der Waals surface area contributed by atoms with Gasteiger partial charge in [0.2, 0.25) is 5.88 Å². The van der Waals surface area contributed by atoms with Crippen LogP contribution in [-0.2, 0) is 6.42 Å². The molecule has 0 saturated carbocycles. The zero-order valence-electron chi connectivity index (χ0n) is 12.8. The molecule has 5 heteroatoms. The molecule has 1 N–H and O–H groups in total. The van der Waals surface area contributed by atoms with Crippen molar-refractivity contribution < 1.29 is 9.13 Å². The minimum absolute atomic E-state index is 0.182. The van der Waals surface area contributed by atoms with Crippen molar-refractivity contribution in [3.63, 3.8) is 0 Å². The van der Waals surface area contributed by atoms with Crippen LogP contribution in [0.2, 0.25) is 0 Å². The van der Waals surface area contributed by atoms with Crippen molar-refractivity contribution in [2.45, 2.75) is 33.6 Å². The minimum atomic E-state index is -0.362. The molecule has 0 atom stereocenters. The van der Waals surface area contributed by atoms with Crippen molar-refractivity contribution in [3.05, 3.63) is 41.0 Å². The highest BCUT2D eigenvalue weighted by Crippen LogP contribution is 2.29. The molecule has 0 unspecified atom stereocenters. The van der Waals surface area contributed by atoms with E-state index in [1.54, 1.807) is 32.2 Å². The van der Waals surface area contributed by atoms with E-state index in [0.717, 1.165) is 18.4 Å². The average molecular weight is 289 g/mol. The van der Waals surface area contributed by atoms with Gasteiger partial charge in [0, 0.05) is 13.5 Å². The minimum Gasteiger partial charge on any atom is -0.435 e. The Kier molecular flexibility index (Phi) is 4.73. The lowest BCUT2D eigenvalue weighted by Gasteiger charge is -2.13. The maximum Gasteiger partial charge on any atom is 0.227 e. The highest BCUT2D eigenvalue weighted by molar-refractivity contribution is 5.49. The summed E-state index contributed by atoms with van der Waals surface area (Å²) >= 11 is 0. The molecule has 1 heterocycles. The number of hydrogen-bond acceptors (Lipinski definition) is 4. The Morgan fingerprint density at radius 2 is 2.00 bits per heavy atom. The maximum absolute atomic E-state index is 14.1. The summed E-state index contributed by atoms with van der Waals surface area (Å²) in [6, 6.07) is 5.06. The van der Waals surface area contributed by atoms with Crippen molar-refractivity contribution in [2.24, 2.45) is 0 Å². The predicted molar refractivity (Wildman–Crippen MR) is 81.5 cm³/mol. The predicted octanol–water partition coefficient (Wildman–Crippen LogP) is 4.02. The van der Waals surface area contributed by atoms with Crippen LogP contribution >= 0.6 is 0 Å². The third kappa shape index (κ3) is 3.29. The Hall–Kier alpha value is -2.17. The lowest BCUT2D eigenvalue weighted by atomic mass is 10.2. The highest BCUT2D eigenvalue weighted by Gasteiger charge is 2.14. The van der Waals surface area contributed by atoms with E-state index in [0.29, 0.717) is 23.1 Å². The van der Waals surface area contributed by atoms with Gasteiger partial charge in [-0.1, -0.05) is 19.1 Å². The average Bonchev–Trinajstić information content (AvgIpc) is 2.47. The van der Waals surface area contributed by atoms with Crippen molar-refractivity contribution in [1.82, 2.24) is 9.97 Å². The van der Waals surface area contributed by atoms with E-state index in [4.69, 9.17) is 4.74 Å². The molecule has 2 rings (SSSR count). The van der Waals surface area contributed by atoms with Gasteiger partial charge in [-0.2, -0.15) is 4.98 Å². The summed E-state index contributed by atoms with van der Waals surface area (Å²) in [4.78, 5) is 8.82.